The van der Waals surface area contributed by atoms with Gasteiger partial charge in [0, 0.05) is 43.4 Å². The van der Waals surface area contributed by atoms with Gasteiger partial charge < -0.3 is 24.4 Å². The molecule has 8 nitrogen and oxygen atoms in total. The first-order valence-electron chi connectivity index (χ1n) is 12.3. The number of alkyl halides is 3. The molecule has 1 N–H and O–H groups in total. The van der Waals surface area contributed by atoms with E-state index in [1.165, 1.54) is 18.2 Å². The number of hydrogen-bond donors (Lipinski definition) is 1. The van der Waals surface area contributed by atoms with E-state index in [0.29, 0.717) is 42.6 Å². The standard InChI is InChI=1S/C26H26ClF3N4O4/c27-18-9-7-17(8-10-18)15-34-22-23(33-12-2-4-19(33)16-32(24(22)36)11-3-13-35)31-25(34)37-20-5-1-6-21(14-20)38-26(28,29)30/h1,5-10,14,19,35H,2-4,11-13,15-16H2/t19-/m1/s1. The van der Waals surface area contributed by atoms with Gasteiger partial charge in [0.15, 0.2) is 11.5 Å². The summed E-state index contributed by atoms with van der Waals surface area (Å²) in [6, 6.07) is 12.4. The van der Waals surface area contributed by atoms with Crippen LogP contribution in [0.15, 0.2) is 48.5 Å². The van der Waals surface area contributed by atoms with Crippen LogP contribution >= 0.6 is 11.6 Å². The number of imidazole rings is 1. The third-order valence-corrected chi connectivity index (χ3v) is 6.82. The van der Waals surface area contributed by atoms with E-state index in [4.69, 9.17) is 21.3 Å². The fraction of sp³-hybridized carbons (Fsp3) is 0.385. The highest BCUT2D eigenvalue weighted by Crippen LogP contribution is 2.38. The van der Waals surface area contributed by atoms with Crippen molar-refractivity contribution >= 4 is 23.3 Å². The summed E-state index contributed by atoms with van der Waals surface area (Å²) in [5.74, 6) is -0.117. The van der Waals surface area contributed by atoms with Gasteiger partial charge >= 0.3 is 12.4 Å². The molecule has 5 rings (SSSR count). The molecule has 0 saturated carbocycles. The molecule has 0 radical (unpaired) electrons. The highest BCUT2D eigenvalue weighted by molar-refractivity contribution is 6.30. The lowest BCUT2D eigenvalue weighted by Crippen LogP contribution is -2.40. The Bertz CT molecular complexity index is 1300. The first-order chi connectivity index (χ1) is 18.2. The second-order valence-corrected chi connectivity index (χ2v) is 9.66. The van der Waals surface area contributed by atoms with Crippen LogP contribution in [0.2, 0.25) is 5.02 Å². The monoisotopic (exact) mass is 550 g/mol. The Morgan fingerprint density at radius 2 is 1.89 bits per heavy atom. The van der Waals surface area contributed by atoms with Gasteiger partial charge in [0.2, 0.25) is 0 Å². The number of fused-ring (bicyclic) bond motifs is 3. The summed E-state index contributed by atoms with van der Waals surface area (Å²) in [7, 11) is 0. The normalized spacial score (nSPS) is 17.3. The van der Waals surface area contributed by atoms with Crippen molar-refractivity contribution in [3.05, 3.63) is 64.8 Å². The van der Waals surface area contributed by atoms with Crippen LogP contribution < -0.4 is 14.4 Å². The van der Waals surface area contributed by atoms with Crippen molar-refractivity contribution < 1.29 is 32.5 Å². The van der Waals surface area contributed by atoms with Crippen molar-refractivity contribution in [2.75, 3.05) is 31.1 Å². The van der Waals surface area contributed by atoms with E-state index in [-0.39, 0.29) is 36.9 Å². The summed E-state index contributed by atoms with van der Waals surface area (Å²) in [6.45, 7) is 1.79. The lowest BCUT2D eigenvalue weighted by molar-refractivity contribution is -0.274. The van der Waals surface area contributed by atoms with E-state index in [2.05, 4.69) is 9.64 Å². The van der Waals surface area contributed by atoms with Gasteiger partial charge in [-0.3, -0.25) is 9.36 Å². The molecule has 2 aromatic carbocycles. The third-order valence-electron chi connectivity index (χ3n) is 6.57. The van der Waals surface area contributed by atoms with Gasteiger partial charge in [-0.2, -0.15) is 4.98 Å². The number of halogens is 4. The highest BCUT2D eigenvalue weighted by Gasteiger charge is 2.40. The van der Waals surface area contributed by atoms with E-state index >= 15 is 0 Å². The number of aliphatic hydroxyl groups is 1. The van der Waals surface area contributed by atoms with Crippen molar-refractivity contribution in [1.82, 2.24) is 14.5 Å². The molecule has 38 heavy (non-hydrogen) atoms. The predicted molar refractivity (Wildman–Crippen MR) is 134 cm³/mol. The van der Waals surface area contributed by atoms with E-state index in [0.717, 1.165) is 24.5 Å². The van der Waals surface area contributed by atoms with Crippen LogP contribution in [0.25, 0.3) is 0 Å². The minimum atomic E-state index is -4.85. The maximum absolute atomic E-state index is 13.9. The van der Waals surface area contributed by atoms with Crippen LogP contribution in [0.5, 0.6) is 17.5 Å². The average Bonchev–Trinajstić information content (AvgIpc) is 3.43. The fourth-order valence-electron chi connectivity index (χ4n) is 4.91. The summed E-state index contributed by atoms with van der Waals surface area (Å²) in [6.07, 6.45) is -2.59. The first-order valence-corrected chi connectivity index (χ1v) is 12.6. The van der Waals surface area contributed by atoms with Crippen LogP contribution in [0.4, 0.5) is 19.0 Å². The lowest BCUT2D eigenvalue weighted by Gasteiger charge is -2.26. The van der Waals surface area contributed by atoms with Gasteiger partial charge in [0.25, 0.3) is 5.91 Å². The minimum absolute atomic E-state index is 0.0419. The molecule has 1 amide bonds. The van der Waals surface area contributed by atoms with E-state index < -0.39 is 12.1 Å². The van der Waals surface area contributed by atoms with Gasteiger partial charge in [0.1, 0.15) is 11.5 Å². The largest absolute Gasteiger partial charge is 0.573 e. The molecule has 1 aromatic heterocycles. The van der Waals surface area contributed by atoms with Crippen LogP contribution in [0.1, 0.15) is 35.3 Å². The molecular weight excluding hydrogens is 525 g/mol. The Hall–Kier alpha value is -3.44. The number of hydrogen-bond acceptors (Lipinski definition) is 6. The number of nitrogens with zero attached hydrogens (tertiary/aromatic N) is 4. The zero-order valence-corrected chi connectivity index (χ0v) is 21.1. The number of aromatic nitrogens is 2. The molecule has 2 aliphatic rings. The summed E-state index contributed by atoms with van der Waals surface area (Å²) >= 11 is 6.06. The number of rotatable bonds is 8. The number of amides is 1. The van der Waals surface area contributed by atoms with Gasteiger partial charge in [-0.15, -0.1) is 13.2 Å². The first kappa shape index (κ1) is 26.2. The van der Waals surface area contributed by atoms with E-state index in [1.807, 2.05) is 12.1 Å². The molecule has 0 unspecified atom stereocenters. The van der Waals surface area contributed by atoms with Crippen LogP contribution in [0, 0.1) is 0 Å². The van der Waals surface area contributed by atoms with Crippen molar-refractivity contribution in [3.8, 4) is 17.5 Å². The van der Waals surface area contributed by atoms with Crippen molar-refractivity contribution in [2.24, 2.45) is 0 Å². The molecular formula is C26H26ClF3N4O4. The van der Waals surface area contributed by atoms with E-state index in [1.54, 1.807) is 21.6 Å². The predicted octanol–water partition coefficient (Wildman–Crippen LogP) is 5.08. The summed E-state index contributed by atoms with van der Waals surface area (Å²) in [4.78, 5) is 22.4. The van der Waals surface area contributed by atoms with Gasteiger partial charge in [0.05, 0.1) is 6.54 Å². The molecule has 1 atom stereocenters. The molecule has 202 valence electrons. The molecule has 3 aromatic rings. The zero-order valence-electron chi connectivity index (χ0n) is 20.3. The summed E-state index contributed by atoms with van der Waals surface area (Å²) in [5.41, 5.74) is 1.16. The molecule has 2 aliphatic heterocycles. The molecule has 1 fully saturated rings. The van der Waals surface area contributed by atoms with Crippen LogP contribution in [0.3, 0.4) is 0 Å². The highest BCUT2D eigenvalue weighted by atomic mass is 35.5. The van der Waals surface area contributed by atoms with Crippen LogP contribution in [-0.4, -0.2) is 64.1 Å². The third kappa shape index (κ3) is 5.68. The quantitative estimate of drug-likeness (QED) is 0.421. The molecule has 1 saturated heterocycles. The minimum Gasteiger partial charge on any atom is -0.425 e. The number of carbonyl (C=O) groups is 1. The second-order valence-electron chi connectivity index (χ2n) is 9.22. The SMILES string of the molecule is O=C1c2c(nc(Oc3cccc(OC(F)(F)F)c3)n2Cc2ccc(Cl)cc2)N2CCC[C@@H]2CN1CCCO. The Morgan fingerprint density at radius 3 is 2.63 bits per heavy atom. The summed E-state index contributed by atoms with van der Waals surface area (Å²) < 4.78 is 50.0. The zero-order chi connectivity index (χ0) is 26.9. The second kappa shape index (κ2) is 10.7. The fourth-order valence-corrected chi connectivity index (χ4v) is 5.04. The number of ether oxygens (including phenoxy) is 2. The number of anilines is 1. The topological polar surface area (TPSA) is 80.1 Å². The molecule has 12 heteroatoms. The number of carbonyl (C=O) groups excluding carboxylic acids is 1. The molecule has 3 heterocycles. The maximum Gasteiger partial charge on any atom is 0.573 e. The Morgan fingerprint density at radius 1 is 1.13 bits per heavy atom. The lowest BCUT2D eigenvalue weighted by atomic mass is 10.2. The van der Waals surface area contributed by atoms with Crippen molar-refractivity contribution in [2.45, 2.75) is 38.2 Å². The smallest absolute Gasteiger partial charge is 0.425 e. The van der Waals surface area contributed by atoms with E-state index in [9.17, 15) is 23.1 Å². The van der Waals surface area contributed by atoms with Crippen molar-refractivity contribution in [3.63, 3.8) is 0 Å². The Kier molecular flexibility index (Phi) is 7.40. The van der Waals surface area contributed by atoms with Gasteiger partial charge in [-0.05, 0) is 49.1 Å². The Balaban J connectivity index is 1.58. The molecule has 0 spiro atoms. The Labute approximate surface area is 222 Å². The van der Waals surface area contributed by atoms with Gasteiger partial charge in [-0.25, -0.2) is 0 Å². The number of aliphatic hydroxyl groups excluding tert-OH is 1. The molecule has 0 bridgehead atoms. The average molecular weight is 551 g/mol. The summed E-state index contributed by atoms with van der Waals surface area (Å²) in [5, 5.41) is 9.95. The maximum atomic E-state index is 13.9. The van der Waals surface area contributed by atoms with Crippen LogP contribution in [-0.2, 0) is 6.54 Å². The molecule has 0 aliphatic carbocycles. The number of benzene rings is 2. The van der Waals surface area contributed by atoms with Gasteiger partial charge in [-0.1, -0.05) is 29.8 Å². The van der Waals surface area contributed by atoms with Crippen molar-refractivity contribution in [1.29, 1.82) is 0 Å².